The average Bonchev–Trinajstić information content (AvgIpc) is 2.49. The van der Waals surface area contributed by atoms with Gasteiger partial charge < -0.3 is 19.9 Å². The molecular weight excluding hydrogens is 366 g/mol. The monoisotopic (exact) mass is 376 g/mol. The molecule has 0 saturated heterocycles. The van der Waals surface area contributed by atoms with Crippen LogP contribution in [0.15, 0.2) is 42.5 Å². The topological polar surface area (TPSA) is 93.3 Å². The Morgan fingerprint density at radius 1 is 1.00 bits per heavy atom. The van der Waals surface area contributed by atoms with Crippen molar-refractivity contribution >= 4 is 34.4 Å². The minimum absolute atomic E-state index is 0.215. The zero-order chi connectivity index (χ0) is 18.6. The van der Waals surface area contributed by atoms with E-state index in [2.05, 4.69) is 10.0 Å². The molecule has 2 rings (SSSR count). The van der Waals surface area contributed by atoms with Crippen molar-refractivity contribution in [3.8, 4) is 0 Å². The van der Waals surface area contributed by atoms with Crippen LogP contribution in [0.1, 0.15) is 5.56 Å². The molecule has 1 unspecified atom stereocenters. The number of alkyl halides is 3. The first-order valence-electron chi connectivity index (χ1n) is 6.56. The summed E-state index contributed by atoms with van der Waals surface area (Å²) in [5.74, 6) is -1.59. The SMILES string of the molecule is O=C(Nc1ccc(NS(=O)[O-])cc1)Nc1cccc(C(F)(F)F)c1F. The van der Waals surface area contributed by atoms with Crippen LogP contribution in [-0.2, 0) is 17.4 Å². The van der Waals surface area contributed by atoms with Crippen LogP contribution in [-0.4, -0.2) is 14.8 Å². The van der Waals surface area contributed by atoms with Crippen LogP contribution in [0.5, 0.6) is 0 Å². The summed E-state index contributed by atoms with van der Waals surface area (Å²) in [4.78, 5) is 11.8. The summed E-state index contributed by atoms with van der Waals surface area (Å²) in [5, 5.41) is 4.26. The Morgan fingerprint density at radius 3 is 2.16 bits per heavy atom. The molecule has 1 atom stereocenters. The van der Waals surface area contributed by atoms with Crippen molar-refractivity contribution in [2.24, 2.45) is 0 Å². The highest BCUT2D eigenvalue weighted by Crippen LogP contribution is 2.33. The lowest BCUT2D eigenvalue weighted by Gasteiger charge is -2.13. The van der Waals surface area contributed by atoms with Crippen LogP contribution in [0, 0.1) is 5.82 Å². The summed E-state index contributed by atoms with van der Waals surface area (Å²) in [6.45, 7) is 0. The molecule has 0 aliphatic carbocycles. The van der Waals surface area contributed by atoms with Gasteiger partial charge in [0.05, 0.1) is 11.3 Å². The van der Waals surface area contributed by atoms with Crippen LogP contribution < -0.4 is 15.4 Å². The molecule has 2 amide bonds. The van der Waals surface area contributed by atoms with Gasteiger partial charge in [-0.05, 0) is 36.4 Å². The zero-order valence-corrected chi connectivity index (χ0v) is 13.0. The van der Waals surface area contributed by atoms with E-state index in [-0.39, 0.29) is 11.4 Å². The van der Waals surface area contributed by atoms with Crippen LogP contribution >= 0.6 is 0 Å². The van der Waals surface area contributed by atoms with Gasteiger partial charge in [0, 0.05) is 22.6 Å². The minimum atomic E-state index is -4.89. The smallest absolute Gasteiger partial charge is 0.419 e. The molecule has 0 saturated carbocycles. The van der Waals surface area contributed by atoms with E-state index >= 15 is 0 Å². The first-order chi connectivity index (χ1) is 11.7. The molecule has 0 aromatic heterocycles. The van der Waals surface area contributed by atoms with Crippen LogP contribution in [0.3, 0.4) is 0 Å². The third kappa shape index (κ3) is 5.16. The Bertz CT molecular complexity index is 797. The molecule has 2 aromatic carbocycles. The number of carbonyl (C=O) groups excluding carboxylic acids is 1. The fraction of sp³-hybridized carbons (Fsp3) is 0.0714. The van der Waals surface area contributed by atoms with E-state index in [0.29, 0.717) is 6.07 Å². The molecule has 6 nitrogen and oxygen atoms in total. The second-order valence-electron chi connectivity index (χ2n) is 4.66. The molecule has 0 aliphatic rings. The first-order valence-corrected chi connectivity index (χ1v) is 7.64. The van der Waals surface area contributed by atoms with E-state index in [1.807, 2.05) is 5.32 Å². The fourth-order valence-electron chi connectivity index (χ4n) is 1.85. The second-order valence-corrected chi connectivity index (χ2v) is 5.33. The fourth-order valence-corrected chi connectivity index (χ4v) is 2.18. The molecule has 134 valence electrons. The maximum absolute atomic E-state index is 13.8. The van der Waals surface area contributed by atoms with Gasteiger partial charge in [-0.1, -0.05) is 6.07 Å². The number of hydrogen-bond acceptors (Lipinski definition) is 3. The summed E-state index contributed by atoms with van der Waals surface area (Å²) in [7, 11) is 0. The minimum Gasteiger partial charge on any atom is -0.755 e. The number of halogens is 4. The third-order valence-electron chi connectivity index (χ3n) is 2.90. The molecule has 11 heteroatoms. The molecular formula is C14H10F4N3O3S-. The van der Waals surface area contributed by atoms with Crippen molar-refractivity contribution in [3.63, 3.8) is 0 Å². The van der Waals surface area contributed by atoms with Crippen LogP contribution in [0.2, 0.25) is 0 Å². The molecule has 0 heterocycles. The molecule has 0 fully saturated rings. The number of urea groups is 1. The van der Waals surface area contributed by atoms with Gasteiger partial charge in [-0.2, -0.15) is 13.2 Å². The van der Waals surface area contributed by atoms with Gasteiger partial charge in [-0.3, -0.25) is 4.21 Å². The number of benzene rings is 2. The van der Waals surface area contributed by atoms with E-state index in [1.54, 1.807) is 0 Å². The van der Waals surface area contributed by atoms with E-state index < -0.39 is 40.5 Å². The van der Waals surface area contributed by atoms with Gasteiger partial charge in [-0.15, -0.1) is 0 Å². The maximum atomic E-state index is 13.8. The predicted molar refractivity (Wildman–Crippen MR) is 83.0 cm³/mol. The van der Waals surface area contributed by atoms with Crippen LogP contribution in [0.4, 0.5) is 39.4 Å². The summed E-state index contributed by atoms with van der Waals surface area (Å²) >= 11 is -2.51. The predicted octanol–water partition coefficient (Wildman–Crippen LogP) is 3.69. The molecule has 0 bridgehead atoms. The number of amides is 2. The molecule has 2 aromatic rings. The van der Waals surface area contributed by atoms with Crippen molar-refractivity contribution < 1.29 is 31.1 Å². The van der Waals surface area contributed by atoms with Gasteiger partial charge in [0.15, 0.2) is 5.82 Å². The van der Waals surface area contributed by atoms with Gasteiger partial charge in [0.2, 0.25) is 0 Å². The standard InChI is InChI=1S/C14H11F4N3O3S/c15-12-10(14(16,17)18)2-1-3-11(12)20-13(22)19-8-4-6-9(7-5-8)21-25(23)24/h1-7,21H,(H,23,24)(H2,19,20,22)/p-1. The molecule has 0 aliphatic heterocycles. The normalized spacial score (nSPS) is 12.4. The van der Waals surface area contributed by atoms with E-state index in [0.717, 1.165) is 12.1 Å². The average molecular weight is 376 g/mol. The van der Waals surface area contributed by atoms with Gasteiger partial charge in [0.25, 0.3) is 0 Å². The summed E-state index contributed by atoms with van der Waals surface area (Å²) in [6, 6.07) is 6.92. The van der Waals surface area contributed by atoms with E-state index in [9.17, 15) is 31.1 Å². The van der Waals surface area contributed by atoms with Crippen molar-refractivity contribution in [1.29, 1.82) is 0 Å². The summed E-state index contributed by atoms with van der Waals surface area (Å²) in [5.41, 5.74) is -1.67. The quantitative estimate of drug-likeness (QED) is 0.561. The van der Waals surface area contributed by atoms with Gasteiger partial charge >= 0.3 is 12.2 Å². The number of nitrogens with one attached hydrogen (secondary N) is 3. The van der Waals surface area contributed by atoms with E-state index in [1.165, 1.54) is 24.3 Å². The zero-order valence-electron chi connectivity index (χ0n) is 12.2. The largest absolute Gasteiger partial charge is 0.755 e. The molecule has 3 N–H and O–H groups in total. The van der Waals surface area contributed by atoms with Crippen molar-refractivity contribution in [1.82, 2.24) is 0 Å². The number of hydrogen-bond donors (Lipinski definition) is 3. The highest BCUT2D eigenvalue weighted by molar-refractivity contribution is 7.80. The van der Waals surface area contributed by atoms with Gasteiger partial charge in [-0.25, -0.2) is 9.18 Å². The van der Waals surface area contributed by atoms with Crippen molar-refractivity contribution in [2.75, 3.05) is 15.4 Å². The second kappa shape index (κ2) is 7.49. The molecule has 0 radical (unpaired) electrons. The Balaban J connectivity index is 2.07. The summed E-state index contributed by atoms with van der Waals surface area (Å²) < 4.78 is 74.7. The maximum Gasteiger partial charge on any atom is 0.419 e. The Hall–Kier alpha value is -2.66. The number of rotatable bonds is 4. The number of carbonyl (C=O) groups is 1. The first kappa shape index (κ1) is 18.7. The van der Waals surface area contributed by atoms with Crippen molar-refractivity contribution in [2.45, 2.75) is 6.18 Å². The van der Waals surface area contributed by atoms with E-state index in [4.69, 9.17) is 0 Å². The Labute approximate surface area is 141 Å². The highest BCUT2D eigenvalue weighted by atomic mass is 32.2. The lowest BCUT2D eigenvalue weighted by Crippen LogP contribution is -2.21. The Kier molecular flexibility index (Phi) is 5.59. The summed E-state index contributed by atoms with van der Waals surface area (Å²) in [6.07, 6.45) is -4.89. The lowest BCUT2D eigenvalue weighted by atomic mass is 10.2. The lowest BCUT2D eigenvalue weighted by molar-refractivity contribution is -0.139. The number of anilines is 3. The Morgan fingerprint density at radius 2 is 1.60 bits per heavy atom. The van der Waals surface area contributed by atoms with Gasteiger partial charge in [0.1, 0.15) is 0 Å². The molecule has 0 spiro atoms. The molecule has 25 heavy (non-hydrogen) atoms. The van der Waals surface area contributed by atoms with Crippen LogP contribution in [0.25, 0.3) is 0 Å². The van der Waals surface area contributed by atoms with Crippen molar-refractivity contribution in [3.05, 3.63) is 53.8 Å². The highest BCUT2D eigenvalue weighted by Gasteiger charge is 2.35. The third-order valence-corrected chi connectivity index (χ3v) is 3.30.